The molecule has 2 aromatic heterocycles. The van der Waals surface area contributed by atoms with Crippen molar-refractivity contribution in [2.45, 2.75) is 77.9 Å². The number of hydrazine groups is 1. The molecule has 1 unspecified atom stereocenters. The average Bonchev–Trinajstić information content (AvgIpc) is 3.75. The Hall–Kier alpha value is -5.74. The summed E-state index contributed by atoms with van der Waals surface area (Å²) in [4.78, 5) is 83.5. The predicted molar refractivity (Wildman–Crippen MR) is 199 cm³/mol. The Morgan fingerprint density at radius 2 is 1.70 bits per heavy atom. The Labute approximate surface area is 318 Å². The van der Waals surface area contributed by atoms with Crippen LogP contribution in [0.1, 0.15) is 93.7 Å². The molecule has 0 aliphatic carbocycles. The van der Waals surface area contributed by atoms with Crippen LogP contribution in [0.2, 0.25) is 5.02 Å². The van der Waals surface area contributed by atoms with Gasteiger partial charge in [-0.25, -0.2) is 0 Å². The van der Waals surface area contributed by atoms with Crippen molar-refractivity contribution in [3.63, 3.8) is 0 Å². The number of amides is 6. The number of rotatable bonds is 9. The average molecular weight is 770 g/mol. The van der Waals surface area contributed by atoms with E-state index < -0.39 is 29.8 Å². The van der Waals surface area contributed by atoms with Gasteiger partial charge in [-0.3, -0.25) is 54.5 Å². The minimum atomic E-state index is -0.774. The number of thiophene rings is 1. The molecule has 2 atom stereocenters. The second-order valence-corrected chi connectivity index (χ2v) is 15.0. The standard InChI is InChI=1S/C37H36ClN9O6S/c1-18-19(2)54-37-32(18)33(21-10-12-22(38)13-11-21)40-26(34-45-42-20(3)47(34)37)16-31(51)44-43-30(50)9-5-8-28(48)39-25-7-4-6-23-24(25)17-46(36(23)53)27-14-15-29(49)41-35(27)52/h4,6-7,10-13,26-27H,5,8-9,14-17H2,1-3H3,(H,39,48)(H,43,50)(H,44,51)(H,41,49,52)/t26-,27?/m0/s1. The van der Waals surface area contributed by atoms with Gasteiger partial charge in [-0.2, -0.15) is 0 Å². The van der Waals surface area contributed by atoms with E-state index in [0.717, 1.165) is 26.6 Å². The number of carbonyl (C=O) groups is 6. The monoisotopic (exact) mass is 769 g/mol. The fourth-order valence-corrected chi connectivity index (χ4v) is 8.23. The van der Waals surface area contributed by atoms with Crippen molar-refractivity contribution in [1.29, 1.82) is 0 Å². The molecule has 0 saturated carbocycles. The summed E-state index contributed by atoms with van der Waals surface area (Å²) in [5, 5.41) is 15.3. The van der Waals surface area contributed by atoms with Gasteiger partial charge in [0.1, 0.15) is 22.9 Å². The van der Waals surface area contributed by atoms with E-state index in [-0.39, 0.29) is 62.8 Å². The number of piperidine rings is 1. The quantitative estimate of drug-likeness (QED) is 0.145. The van der Waals surface area contributed by atoms with Crippen molar-refractivity contribution in [2.24, 2.45) is 4.99 Å². The van der Waals surface area contributed by atoms with Gasteiger partial charge < -0.3 is 10.2 Å². The van der Waals surface area contributed by atoms with Crippen molar-refractivity contribution in [1.82, 2.24) is 35.8 Å². The van der Waals surface area contributed by atoms with E-state index >= 15 is 0 Å². The number of carbonyl (C=O) groups excluding carboxylic acids is 6. The third-order valence-corrected chi connectivity index (χ3v) is 11.2. The van der Waals surface area contributed by atoms with Crippen molar-refractivity contribution in [3.05, 3.63) is 91.8 Å². The van der Waals surface area contributed by atoms with Gasteiger partial charge in [0, 0.05) is 63.6 Å². The largest absolute Gasteiger partial charge is 0.326 e. The van der Waals surface area contributed by atoms with E-state index in [1.807, 2.05) is 37.5 Å². The summed E-state index contributed by atoms with van der Waals surface area (Å²) in [7, 11) is 0. The first kappa shape index (κ1) is 36.6. The maximum atomic E-state index is 13.2. The summed E-state index contributed by atoms with van der Waals surface area (Å²) in [5.41, 5.74) is 9.81. The second kappa shape index (κ2) is 14.9. The lowest BCUT2D eigenvalue weighted by molar-refractivity contribution is -0.137. The summed E-state index contributed by atoms with van der Waals surface area (Å²) >= 11 is 7.79. The minimum absolute atomic E-state index is 0.00186. The molecular weight excluding hydrogens is 734 g/mol. The van der Waals surface area contributed by atoms with Crippen LogP contribution in [0.15, 0.2) is 47.5 Å². The van der Waals surface area contributed by atoms with Gasteiger partial charge in [0.05, 0.1) is 12.1 Å². The molecule has 17 heteroatoms. The third kappa shape index (κ3) is 7.13. The second-order valence-electron chi connectivity index (χ2n) is 13.3. The summed E-state index contributed by atoms with van der Waals surface area (Å²) in [6, 6.07) is 10.8. The molecule has 3 aliphatic heterocycles. The molecule has 278 valence electrons. The third-order valence-electron chi connectivity index (χ3n) is 9.74. The van der Waals surface area contributed by atoms with E-state index in [1.165, 1.54) is 4.90 Å². The maximum absolute atomic E-state index is 13.2. The topological polar surface area (TPSA) is 197 Å². The fraction of sp³-hybridized carbons (Fsp3) is 0.324. The van der Waals surface area contributed by atoms with E-state index in [4.69, 9.17) is 16.6 Å². The van der Waals surface area contributed by atoms with Crippen molar-refractivity contribution < 1.29 is 28.8 Å². The first-order chi connectivity index (χ1) is 25.9. The zero-order valence-electron chi connectivity index (χ0n) is 29.6. The number of hydrogen-bond acceptors (Lipinski definition) is 10. The summed E-state index contributed by atoms with van der Waals surface area (Å²) in [6.45, 7) is 6.04. The molecule has 15 nitrogen and oxygen atoms in total. The number of anilines is 1. The zero-order chi connectivity index (χ0) is 38.3. The smallest absolute Gasteiger partial charge is 0.255 e. The summed E-state index contributed by atoms with van der Waals surface area (Å²) < 4.78 is 1.93. The van der Waals surface area contributed by atoms with Crippen molar-refractivity contribution >= 4 is 69.8 Å². The van der Waals surface area contributed by atoms with E-state index in [0.29, 0.717) is 39.2 Å². The number of benzene rings is 2. The highest BCUT2D eigenvalue weighted by Crippen LogP contribution is 2.39. The maximum Gasteiger partial charge on any atom is 0.255 e. The van der Waals surface area contributed by atoms with Crippen molar-refractivity contribution in [3.8, 4) is 5.00 Å². The van der Waals surface area contributed by atoms with Crippen LogP contribution >= 0.6 is 22.9 Å². The van der Waals surface area contributed by atoms with Crippen LogP contribution in [0, 0.1) is 20.8 Å². The molecule has 0 spiro atoms. The first-order valence-corrected chi connectivity index (χ1v) is 18.6. The molecule has 4 N–H and O–H groups in total. The Morgan fingerprint density at radius 3 is 2.46 bits per heavy atom. The van der Waals surface area contributed by atoms with Crippen LogP contribution in [-0.4, -0.2) is 66.9 Å². The molecular formula is C37H36ClN9O6S. The Balaban J connectivity index is 0.945. The van der Waals surface area contributed by atoms with Crippen LogP contribution < -0.4 is 21.5 Å². The minimum Gasteiger partial charge on any atom is -0.326 e. The van der Waals surface area contributed by atoms with E-state index in [2.05, 4.69) is 31.7 Å². The molecule has 6 amide bonds. The molecule has 4 aromatic rings. The lowest BCUT2D eigenvalue weighted by Crippen LogP contribution is -2.52. The van der Waals surface area contributed by atoms with Gasteiger partial charge in [0.15, 0.2) is 5.82 Å². The van der Waals surface area contributed by atoms with E-state index in [9.17, 15) is 28.8 Å². The number of nitrogens with zero attached hydrogens (tertiary/aromatic N) is 5. The van der Waals surface area contributed by atoms with Crippen LogP contribution in [0.5, 0.6) is 0 Å². The summed E-state index contributed by atoms with van der Waals surface area (Å²) in [6.07, 6.45) is 0.375. The van der Waals surface area contributed by atoms with Gasteiger partial charge >= 0.3 is 0 Å². The molecule has 5 heterocycles. The SMILES string of the molecule is Cc1sc2c(c1C)C(c1ccc(Cl)cc1)=N[C@@H](CC(=O)NNC(=O)CCCC(=O)Nc1cccc3c1CN(C1CCC(=O)NC1=O)C3=O)c1nnc(C)n1-2. The molecule has 0 radical (unpaired) electrons. The van der Waals surface area contributed by atoms with Gasteiger partial charge in [-0.1, -0.05) is 29.8 Å². The van der Waals surface area contributed by atoms with Crippen molar-refractivity contribution in [2.75, 3.05) is 5.32 Å². The first-order valence-electron chi connectivity index (χ1n) is 17.4. The molecule has 54 heavy (non-hydrogen) atoms. The number of imide groups is 1. The van der Waals surface area contributed by atoms with Gasteiger partial charge in [-0.05, 0) is 63.4 Å². The summed E-state index contributed by atoms with van der Waals surface area (Å²) in [5.74, 6) is -1.42. The highest BCUT2D eigenvalue weighted by Gasteiger charge is 2.40. The van der Waals surface area contributed by atoms with Gasteiger partial charge in [0.2, 0.25) is 29.5 Å². The number of aryl methyl sites for hydroxylation is 2. The van der Waals surface area contributed by atoms with Gasteiger partial charge in [0.25, 0.3) is 5.91 Å². The molecule has 2 aromatic carbocycles. The number of aromatic nitrogens is 3. The van der Waals surface area contributed by atoms with E-state index in [1.54, 1.807) is 41.7 Å². The number of hydrogen-bond donors (Lipinski definition) is 4. The number of aliphatic imine (C=N–C) groups is 1. The van der Waals surface area contributed by atoms with Crippen LogP contribution in [0.25, 0.3) is 5.00 Å². The lowest BCUT2D eigenvalue weighted by atomic mass is 9.99. The zero-order valence-corrected chi connectivity index (χ0v) is 31.2. The number of nitrogens with one attached hydrogen (secondary N) is 4. The molecule has 0 bridgehead atoms. The molecule has 1 fully saturated rings. The van der Waals surface area contributed by atoms with Crippen LogP contribution in [0.4, 0.5) is 5.69 Å². The molecule has 7 rings (SSSR count). The highest BCUT2D eigenvalue weighted by atomic mass is 35.5. The highest BCUT2D eigenvalue weighted by molar-refractivity contribution is 7.15. The fourth-order valence-electron chi connectivity index (χ4n) is 6.89. The Kier molecular flexibility index (Phi) is 10.1. The Morgan fingerprint density at radius 1 is 0.963 bits per heavy atom. The molecule has 3 aliphatic rings. The number of halogens is 1. The predicted octanol–water partition coefficient (Wildman–Crippen LogP) is 3.91. The lowest BCUT2D eigenvalue weighted by Gasteiger charge is -2.29. The Bertz CT molecular complexity index is 2260. The molecule has 1 saturated heterocycles. The van der Waals surface area contributed by atoms with Crippen LogP contribution in [-0.2, 0) is 30.5 Å². The number of fused-ring (bicyclic) bond motifs is 4. The van der Waals surface area contributed by atoms with Gasteiger partial charge in [-0.15, -0.1) is 21.5 Å². The normalized spacial score (nSPS) is 17.5. The van der Waals surface area contributed by atoms with Crippen LogP contribution in [0.3, 0.4) is 0 Å².